The molecule has 0 radical (unpaired) electrons. The van der Waals surface area contributed by atoms with Crippen molar-refractivity contribution in [3.63, 3.8) is 0 Å². The van der Waals surface area contributed by atoms with Gasteiger partial charge in [0, 0.05) is 5.39 Å². The molecule has 2 aromatic rings. The van der Waals surface area contributed by atoms with Gasteiger partial charge in [-0.1, -0.05) is 32.9 Å². The molecule has 2 aliphatic rings. The Bertz CT molecular complexity index is 1070. The molecule has 0 bridgehead atoms. The Balaban J connectivity index is 1.45. The summed E-state index contributed by atoms with van der Waals surface area (Å²) >= 11 is 0. The lowest BCUT2D eigenvalue weighted by molar-refractivity contribution is -0.137. The predicted molar refractivity (Wildman–Crippen MR) is 119 cm³/mol. The molecular weight excluding hydrogens is 410 g/mol. The molecule has 1 aromatic carbocycles. The Labute approximate surface area is 187 Å². The van der Waals surface area contributed by atoms with Crippen molar-refractivity contribution >= 4 is 28.8 Å². The summed E-state index contributed by atoms with van der Waals surface area (Å²) < 4.78 is 11.2. The van der Waals surface area contributed by atoms with E-state index in [1.54, 1.807) is 20.1 Å². The first-order valence-corrected chi connectivity index (χ1v) is 11.0. The maximum Gasteiger partial charge on any atom is 0.325 e. The number of ether oxygens (including phenoxy) is 1. The molecule has 3 unspecified atom stereocenters. The number of rotatable bonds is 5. The SMILES string of the molecule is COc1cccc2cc(C(C)NC(=O)CN3C(=O)NC4(CC(C)CC(C)(C)C4)C3=O)oc12. The van der Waals surface area contributed by atoms with Crippen molar-refractivity contribution in [1.29, 1.82) is 0 Å². The molecule has 1 spiro atoms. The summed E-state index contributed by atoms with van der Waals surface area (Å²) in [5.41, 5.74) is -0.369. The fourth-order valence-electron chi connectivity index (χ4n) is 5.58. The van der Waals surface area contributed by atoms with Gasteiger partial charge >= 0.3 is 6.03 Å². The van der Waals surface area contributed by atoms with Gasteiger partial charge in [-0.05, 0) is 49.7 Å². The van der Waals surface area contributed by atoms with Gasteiger partial charge in [0.05, 0.1) is 13.2 Å². The summed E-state index contributed by atoms with van der Waals surface area (Å²) in [6, 6.07) is 6.47. The minimum Gasteiger partial charge on any atom is -0.493 e. The van der Waals surface area contributed by atoms with E-state index in [1.807, 2.05) is 18.2 Å². The fraction of sp³-hybridized carbons (Fsp3) is 0.542. The molecule has 1 aliphatic heterocycles. The lowest BCUT2D eigenvalue weighted by atomic mass is 9.64. The summed E-state index contributed by atoms with van der Waals surface area (Å²) in [5, 5.41) is 6.60. The molecule has 3 atom stereocenters. The van der Waals surface area contributed by atoms with Crippen molar-refractivity contribution in [3.8, 4) is 5.75 Å². The monoisotopic (exact) mass is 441 g/mol. The Kier molecular flexibility index (Phi) is 5.43. The van der Waals surface area contributed by atoms with Crippen LogP contribution in [0.2, 0.25) is 0 Å². The summed E-state index contributed by atoms with van der Waals surface area (Å²) in [4.78, 5) is 39.6. The second-order valence-electron chi connectivity index (χ2n) is 10.1. The standard InChI is InChI=1S/C24H31N3O5/c1-14-10-23(3,4)13-24(11-14)21(29)27(22(30)26-24)12-19(28)25-15(2)18-9-16-7-6-8-17(31-5)20(16)32-18/h6-9,14-15H,10-13H2,1-5H3,(H,25,28)(H,26,30). The molecule has 2 N–H and O–H groups in total. The van der Waals surface area contributed by atoms with E-state index in [-0.39, 0.29) is 17.9 Å². The number of hydrogen-bond donors (Lipinski definition) is 2. The minimum atomic E-state index is -0.917. The Morgan fingerprint density at radius 3 is 2.78 bits per heavy atom. The Hall–Kier alpha value is -3.03. The third kappa shape index (κ3) is 3.94. The number of furan rings is 1. The zero-order chi connectivity index (χ0) is 23.3. The number of imide groups is 1. The first kappa shape index (κ1) is 22.2. The molecule has 8 nitrogen and oxygen atoms in total. The van der Waals surface area contributed by atoms with Crippen molar-refractivity contribution in [2.75, 3.05) is 13.7 Å². The second-order valence-corrected chi connectivity index (χ2v) is 10.1. The number of carbonyl (C=O) groups excluding carboxylic acids is 3. The number of methoxy groups -OCH3 is 1. The second kappa shape index (κ2) is 7.83. The third-order valence-corrected chi connectivity index (χ3v) is 6.48. The zero-order valence-electron chi connectivity index (χ0n) is 19.3. The van der Waals surface area contributed by atoms with Crippen molar-refractivity contribution in [2.45, 2.75) is 58.5 Å². The number of benzene rings is 1. The van der Waals surface area contributed by atoms with E-state index in [2.05, 4.69) is 31.4 Å². The van der Waals surface area contributed by atoms with Crippen LogP contribution in [-0.2, 0) is 9.59 Å². The van der Waals surface area contributed by atoms with Gasteiger partial charge in [0.25, 0.3) is 5.91 Å². The highest BCUT2D eigenvalue weighted by Crippen LogP contribution is 2.46. The van der Waals surface area contributed by atoms with Crippen molar-refractivity contribution in [2.24, 2.45) is 11.3 Å². The molecule has 8 heteroatoms. The average Bonchev–Trinajstić information content (AvgIpc) is 3.21. The smallest absolute Gasteiger partial charge is 0.325 e. The van der Waals surface area contributed by atoms with Crippen LogP contribution in [0.25, 0.3) is 11.0 Å². The van der Waals surface area contributed by atoms with Crippen molar-refractivity contribution < 1.29 is 23.5 Å². The maximum absolute atomic E-state index is 13.2. The number of hydrogen-bond acceptors (Lipinski definition) is 5. The summed E-state index contributed by atoms with van der Waals surface area (Å²) in [7, 11) is 1.57. The van der Waals surface area contributed by atoms with Gasteiger partial charge in [-0.2, -0.15) is 0 Å². The van der Waals surface area contributed by atoms with E-state index in [0.29, 0.717) is 35.9 Å². The van der Waals surface area contributed by atoms with Crippen LogP contribution >= 0.6 is 0 Å². The summed E-state index contributed by atoms with van der Waals surface area (Å²) in [6.45, 7) is 7.80. The molecule has 2 heterocycles. The number of nitrogens with zero attached hydrogens (tertiary/aromatic N) is 1. The van der Waals surface area contributed by atoms with Crippen LogP contribution < -0.4 is 15.4 Å². The molecule has 1 saturated carbocycles. The van der Waals surface area contributed by atoms with Crippen LogP contribution in [0, 0.1) is 11.3 Å². The molecule has 1 aliphatic carbocycles. The summed E-state index contributed by atoms with van der Waals surface area (Å²) in [6.07, 6.45) is 2.17. The van der Waals surface area contributed by atoms with E-state index in [4.69, 9.17) is 9.15 Å². The van der Waals surface area contributed by atoms with Crippen molar-refractivity contribution in [1.82, 2.24) is 15.5 Å². The molecule has 32 heavy (non-hydrogen) atoms. The van der Waals surface area contributed by atoms with Gasteiger partial charge in [-0.15, -0.1) is 0 Å². The number of para-hydroxylation sites is 1. The van der Waals surface area contributed by atoms with Gasteiger partial charge in [0.15, 0.2) is 11.3 Å². The molecule has 4 rings (SSSR count). The zero-order valence-corrected chi connectivity index (χ0v) is 19.3. The topological polar surface area (TPSA) is 101 Å². The van der Waals surface area contributed by atoms with E-state index in [1.165, 1.54) is 0 Å². The van der Waals surface area contributed by atoms with E-state index < -0.39 is 23.5 Å². The van der Waals surface area contributed by atoms with Gasteiger partial charge in [0.1, 0.15) is 17.8 Å². The number of urea groups is 1. The largest absolute Gasteiger partial charge is 0.493 e. The molecule has 172 valence electrons. The lowest BCUT2D eigenvalue weighted by Crippen LogP contribution is -2.54. The summed E-state index contributed by atoms with van der Waals surface area (Å²) in [5.74, 6) is 0.754. The van der Waals surface area contributed by atoms with Crippen molar-refractivity contribution in [3.05, 3.63) is 30.0 Å². The minimum absolute atomic E-state index is 0.0598. The van der Waals surface area contributed by atoms with Crippen LogP contribution in [0.3, 0.4) is 0 Å². The van der Waals surface area contributed by atoms with Gasteiger partial charge in [-0.3, -0.25) is 14.5 Å². The first-order valence-electron chi connectivity index (χ1n) is 11.0. The van der Waals surface area contributed by atoms with Gasteiger partial charge in [-0.25, -0.2) is 4.79 Å². The number of fused-ring (bicyclic) bond motifs is 1. The Morgan fingerprint density at radius 1 is 1.34 bits per heavy atom. The highest BCUT2D eigenvalue weighted by atomic mass is 16.5. The lowest BCUT2D eigenvalue weighted by Gasteiger charge is -2.43. The van der Waals surface area contributed by atoms with Gasteiger partial charge < -0.3 is 19.8 Å². The van der Waals surface area contributed by atoms with E-state index >= 15 is 0 Å². The third-order valence-electron chi connectivity index (χ3n) is 6.48. The highest BCUT2D eigenvalue weighted by Gasteiger charge is 2.56. The highest BCUT2D eigenvalue weighted by molar-refractivity contribution is 6.09. The maximum atomic E-state index is 13.2. The number of nitrogens with one attached hydrogen (secondary N) is 2. The molecule has 1 saturated heterocycles. The van der Waals surface area contributed by atoms with Crippen LogP contribution in [0.5, 0.6) is 5.75 Å². The molecule has 4 amide bonds. The Morgan fingerprint density at radius 2 is 2.09 bits per heavy atom. The van der Waals surface area contributed by atoms with Crippen LogP contribution in [0.4, 0.5) is 4.79 Å². The predicted octanol–water partition coefficient (Wildman–Crippen LogP) is 3.76. The molecule has 2 fully saturated rings. The molecule has 1 aromatic heterocycles. The normalized spacial score (nSPS) is 25.8. The number of carbonyl (C=O) groups is 3. The number of amides is 4. The average molecular weight is 442 g/mol. The van der Waals surface area contributed by atoms with Crippen LogP contribution in [0.15, 0.2) is 28.7 Å². The van der Waals surface area contributed by atoms with Gasteiger partial charge in [0.2, 0.25) is 5.91 Å². The fourth-order valence-corrected chi connectivity index (χ4v) is 5.58. The quantitative estimate of drug-likeness (QED) is 0.688. The van der Waals surface area contributed by atoms with Crippen LogP contribution in [-0.4, -0.2) is 41.9 Å². The van der Waals surface area contributed by atoms with E-state index in [0.717, 1.165) is 16.7 Å². The molecular formula is C24H31N3O5. The van der Waals surface area contributed by atoms with E-state index in [9.17, 15) is 14.4 Å². The van der Waals surface area contributed by atoms with Crippen LogP contribution in [0.1, 0.15) is 58.8 Å². The first-order chi connectivity index (χ1) is 15.0.